The molecule has 1 amide bonds. The molecular formula is C14H14F3N5O4S. The molecule has 0 aliphatic carbocycles. The maximum Gasteiger partial charge on any atom is 0.434 e. The van der Waals surface area contributed by atoms with Gasteiger partial charge in [-0.2, -0.15) is 13.2 Å². The summed E-state index contributed by atoms with van der Waals surface area (Å²) in [7, 11) is 3.74. The first kappa shape index (κ1) is 20.4. The predicted octanol–water partition coefficient (Wildman–Crippen LogP) is 2.59. The standard InChI is InChI=1S/C14H14F3N5O4S/c1-6(22-26-4)8-9(14(15,16)17)20-13(27-8)21-10(23)7-11(24-2)18-5-19-12(7)25-3/h5H,1-4H3,(H,20,21,23)/b22-6-. The molecule has 0 atom stereocenters. The first-order valence-corrected chi connectivity index (χ1v) is 7.95. The molecule has 0 unspecified atom stereocenters. The number of halogens is 3. The van der Waals surface area contributed by atoms with E-state index in [-0.39, 0.29) is 33.0 Å². The van der Waals surface area contributed by atoms with Gasteiger partial charge in [0.25, 0.3) is 5.91 Å². The Hall–Kier alpha value is -2.96. The summed E-state index contributed by atoms with van der Waals surface area (Å²) >= 11 is 0.588. The number of ether oxygens (including phenoxy) is 2. The van der Waals surface area contributed by atoms with Gasteiger partial charge in [-0.05, 0) is 6.92 Å². The van der Waals surface area contributed by atoms with Crippen molar-refractivity contribution in [3.63, 3.8) is 0 Å². The van der Waals surface area contributed by atoms with Crippen LogP contribution in [0, 0.1) is 0 Å². The van der Waals surface area contributed by atoms with Gasteiger partial charge in [0.1, 0.15) is 13.4 Å². The van der Waals surface area contributed by atoms with Crippen LogP contribution >= 0.6 is 11.3 Å². The van der Waals surface area contributed by atoms with Crippen molar-refractivity contribution in [2.45, 2.75) is 13.1 Å². The lowest BCUT2D eigenvalue weighted by Gasteiger charge is -2.09. The Labute approximate surface area is 155 Å². The van der Waals surface area contributed by atoms with E-state index in [0.717, 1.165) is 6.33 Å². The number of alkyl halides is 3. The van der Waals surface area contributed by atoms with E-state index in [0.29, 0.717) is 11.3 Å². The van der Waals surface area contributed by atoms with Crippen LogP contribution in [0.4, 0.5) is 18.3 Å². The van der Waals surface area contributed by atoms with Gasteiger partial charge < -0.3 is 14.3 Å². The number of hydrogen-bond donors (Lipinski definition) is 1. The van der Waals surface area contributed by atoms with Gasteiger partial charge in [0, 0.05) is 0 Å². The topological polar surface area (TPSA) is 108 Å². The Balaban J connectivity index is 2.44. The van der Waals surface area contributed by atoms with Crippen molar-refractivity contribution in [1.29, 1.82) is 0 Å². The fourth-order valence-electron chi connectivity index (χ4n) is 2.01. The van der Waals surface area contributed by atoms with E-state index in [4.69, 9.17) is 9.47 Å². The number of hydrogen-bond acceptors (Lipinski definition) is 9. The molecule has 2 aromatic heterocycles. The maximum absolute atomic E-state index is 13.2. The number of carbonyl (C=O) groups excluding carboxylic acids is 1. The van der Waals surface area contributed by atoms with Crippen molar-refractivity contribution in [3.8, 4) is 11.8 Å². The average Bonchev–Trinajstić information content (AvgIpc) is 3.05. The lowest BCUT2D eigenvalue weighted by molar-refractivity contribution is -0.140. The molecular weight excluding hydrogens is 391 g/mol. The summed E-state index contributed by atoms with van der Waals surface area (Å²) in [6, 6.07) is 0. The fourth-order valence-corrected chi connectivity index (χ4v) is 2.92. The lowest BCUT2D eigenvalue weighted by atomic mass is 10.2. The summed E-state index contributed by atoms with van der Waals surface area (Å²) in [5, 5.41) is 5.45. The van der Waals surface area contributed by atoms with E-state index >= 15 is 0 Å². The van der Waals surface area contributed by atoms with Gasteiger partial charge in [-0.1, -0.05) is 16.5 Å². The molecule has 27 heavy (non-hydrogen) atoms. The minimum absolute atomic E-state index is 0.0407. The molecule has 0 aliphatic rings. The van der Waals surface area contributed by atoms with Gasteiger partial charge in [0.05, 0.1) is 24.8 Å². The second kappa shape index (κ2) is 8.16. The summed E-state index contributed by atoms with van der Waals surface area (Å²) in [4.78, 5) is 27.8. The minimum atomic E-state index is -4.75. The molecule has 9 nitrogen and oxygen atoms in total. The maximum atomic E-state index is 13.2. The van der Waals surface area contributed by atoms with Crippen LogP contribution in [0.5, 0.6) is 11.8 Å². The molecule has 0 spiro atoms. The van der Waals surface area contributed by atoms with Gasteiger partial charge in [-0.3, -0.25) is 10.1 Å². The van der Waals surface area contributed by atoms with Crippen LogP contribution in [0.1, 0.15) is 27.9 Å². The molecule has 0 bridgehead atoms. The highest BCUT2D eigenvalue weighted by atomic mass is 32.1. The number of thiazole rings is 1. The lowest BCUT2D eigenvalue weighted by Crippen LogP contribution is -2.16. The van der Waals surface area contributed by atoms with Crippen molar-refractivity contribution in [2.24, 2.45) is 5.16 Å². The number of carbonyl (C=O) groups is 1. The number of amides is 1. The molecule has 146 valence electrons. The van der Waals surface area contributed by atoms with Gasteiger partial charge in [0.2, 0.25) is 11.8 Å². The largest absolute Gasteiger partial charge is 0.480 e. The Morgan fingerprint density at radius 3 is 2.26 bits per heavy atom. The SMILES string of the molecule is CO/N=C(/C)c1sc(NC(=O)c2c(OC)ncnc2OC)nc1C(F)(F)F. The van der Waals surface area contributed by atoms with Crippen molar-refractivity contribution in [1.82, 2.24) is 15.0 Å². The van der Waals surface area contributed by atoms with Crippen LogP contribution in [-0.4, -0.2) is 47.9 Å². The van der Waals surface area contributed by atoms with E-state index in [1.165, 1.54) is 28.3 Å². The number of rotatable bonds is 6. The summed E-state index contributed by atoms with van der Waals surface area (Å²) in [6.07, 6.45) is -3.63. The number of aromatic nitrogens is 3. The van der Waals surface area contributed by atoms with Crippen LogP contribution in [-0.2, 0) is 11.0 Å². The monoisotopic (exact) mass is 405 g/mol. The highest BCUT2D eigenvalue weighted by molar-refractivity contribution is 7.17. The molecule has 0 aliphatic heterocycles. The summed E-state index contributed by atoms with van der Waals surface area (Å²) in [6.45, 7) is 1.33. The second-order valence-corrected chi connectivity index (χ2v) is 5.77. The van der Waals surface area contributed by atoms with Gasteiger partial charge in [-0.15, -0.1) is 0 Å². The second-order valence-electron chi connectivity index (χ2n) is 4.78. The number of nitrogens with one attached hydrogen (secondary N) is 1. The van der Waals surface area contributed by atoms with Crippen LogP contribution in [0.15, 0.2) is 11.5 Å². The third kappa shape index (κ3) is 4.42. The van der Waals surface area contributed by atoms with E-state index in [9.17, 15) is 18.0 Å². The fraction of sp³-hybridized carbons (Fsp3) is 0.357. The van der Waals surface area contributed by atoms with Crippen molar-refractivity contribution < 1.29 is 32.3 Å². The molecule has 2 aromatic rings. The molecule has 13 heteroatoms. The zero-order valence-electron chi connectivity index (χ0n) is 14.5. The van der Waals surface area contributed by atoms with Crippen molar-refractivity contribution >= 4 is 28.1 Å². The molecule has 0 saturated carbocycles. The molecule has 2 rings (SSSR count). The van der Waals surface area contributed by atoms with Crippen molar-refractivity contribution in [2.75, 3.05) is 26.6 Å². The minimum Gasteiger partial charge on any atom is -0.480 e. The van der Waals surface area contributed by atoms with Crippen LogP contribution < -0.4 is 14.8 Å². The zero-order valence-corrected chi connectivity index (χ0v) is 15.4. The molecule has 0 aromatic carbocycles. The molecule has 0 radical (unpaired) electrons. The van der Waals surface area contributed by atoms with E-state index in [1.54, 1.807) is 0 Å². The van der Waals surface area contributed by atoms with E-state index in [2.05, 4.69) is 30.3 Å². The molecule has 2 heterocycles. The number of oxime groups is 1. The number of methoxy groups -OCH3 is 2. The smallest absolute Gasteiger partial charge is 0.434 e. The van der Waals surface area contributed by atoms with Crippen LogP contribution in [0.3, 0.4) is 0 Å². The molecule has 0 fully saturated rings. The summed E-state index contributed by atoms with van der Waals surface area (Å²) in [5.41, 5.74) is -1.42. The predicted molar refractivity (Wildman–Crippen MR) is 89.4 cm³/mol. The third-order valence-corrected chi connectivity index (χ3v) is 4.14. The number of anilines is 1. The first-order valence-electron chi connectivity index (χ1n) is 7.13. The number of nitrogens with zero attached hydrogens (tertiary/aromatic N) is 4. The normalized spacial score (nSPS) is 11.9. The van der Waals surface area contributed by atoms with E-state index < -0.39 is 17.8 Å². The Kier molecular flexibility index (Phi) is 6.15. The van der Waals surface area contributed by atoms with E-state index in [1.807, 2.05) is 0 Å². The summed E-state index contributed by atoms with van der Waals surface area (Å²) < 4.78 is 49.7. The molecule has 1 N–H and O–H groups in total. The van der Waals surface area contributed by atoms with Crippen LogP contribution in [0.2, 0.25) is 0 Å². The Morgan fingerprint density at radius 2 is 1.78 bits per heavy atom. The highest BCUT2D eigenvalue weighted by Gasteiger charge is 2.39. The quantitative estimate of drug-likeness (QED) is 0.581. The zero-order chi connectivity index (χ0) is 20.2. The Bertz CT molecular complexity index is 847. The average molecular weight is 405 g/mol. The molecule has 0 saturated heterocycles. The van der Waals surface area contributed by atoms with Crippen molar-refractivity contribution in [3.05, 3.63) is 22.5 Å². The van der Waals surface area contributed by atoms with Gasteiger partial charge in [0.15, 0.2) is 16.4 Å². The highest BCUT2D eigenvalue weighted by Crippen LogP contribution is 2.37. The van der Waals surface area contributed by atoms with Gasteiger partial charge in [-0.25, -0.2) is 15.0 Å². The summed E-state index contributed by atoms with van der Waals surface area (Å²) in [5.74, 6) is -1.06. The van der Waals surface area contributed by atoms with Gasteiger partial charge >= 0.3 is 6.18 Å². The first-order chi connectivity index (χ1) is 12.7. The van der Waals surface area contributed by atoms with Crippen LogP contribution in [0.25, 0.3) is 0 Å². The third-order valence-electron chi connectivity index (χ3n) is 3.06. The Morgan fingerprint density at radius 1 is 1.19 bits per heavy atom.